The van der Waals surface area contributed by atoms with Crippen molar-refractivity contribution < 1.29 is 0 Å². The van der Waals surface area contributed by atoms with E-state index in [4.69, 9.17) is 11.1 Å². The van der Waals surface area contributed by atoms with Crippen LogP contribution in [-0.4, -0.2) is 5.84 Å². The van der Waals surface area contributed by atoms with Gasteiger partial charge in [0, 0.05) is 9.13 Å². The number of hydrogen-bond donors (Lipinski definition) is 2. The van der Waals surface area contributed by atoms with Gasteiger partial charge in [0.05, 0.1) is 0 Å². The second-order valence-electron chi connectivity index (χ2n) is 1.92. The van der Waals surface area contributed by atoms with E-state index in [1.807, 2.05) is 24.3 Å². The zero-order chi connectivity index (χ0) is 7.56. The molecule has 11 heavy (non-hydrogen) atoms. The highest BCUT2D eigenvalue weighted by molar-refractivity contribution is 14.1. The van der Waals surface area contributed by atoms with E-state index in [0.717, 1.165) is 9.13 Å². The molecule has 0 amide bonds. The van der Waals surface area contributed by atoms with E-state index < -0.39 is 0 Å². The predicted molar refractivity (Wildman–Crippen MR) is 57.4 cm³/mol. The van der Waals surface area contributed by atoms with Crippen LogP contribution in [0.25, 0.3) is 0 Å². The highest BCUT2D eigenvalue weighted by atomic mass is 127. The fourth-order valence-corrected chi connectivity index (χ4v) is 0.989. The molecule has 0 aliphatic carbocycles. The van der Waals surface area contributed by atoms with Crippen molar-refractivity contribution in [2.45, 2.75) is 0 Å². The molecule has 0 atom stereocenters. The number of nitrogens with one attached hydrogen (secondary N) is 1. The van der Waals surface area contributed by atoms with Crippen molar-refractivity contribution in [2.24, 2.45) is 5.73 Å². The predicted octanol–water partition coefficient (Wildman–Crippen LogP) is 2.00. The maximum atomic E-state index is 7.08. The van der Waals surface area contributed by atoms with Gasteiger partial charge in [-0.15, -0.1) is 12.4 Å². The first-order valence-electron chi connectivity index (χ1n) is 2.80. The Balaban J connectivity index is 0.000001000. The minimum atomic E-state index is 0. The van der Waals surface area contributed by atoms with Gasteiger partial charge >= 0.3 is 0 Å². The number of hydrogen-bond acceptors (Lipinski definition) is 1. The van der Waals surface area contributed by atoms with Crippen LogP contribution < -0.4 is 5.73 Å². The average molecular weight is 283 g/mol. The van der Waals surface area contributed by atoms with Crippen molar-refractivity contribution in [1.29, 1.82) is 5.41 Å². The van der Waals surface area contributed by atoms with Crippen LogP contribution >= 0.6 is 35.0 Å². The molecule has 0 aliphatic heterocycles. The van der Waals surface area contributed by atoms with Crippen molar-refractivity contribution >= 4 is 40.8 Å². The molecule has 0 aromatic heterocycles. The first-order valence-corrected chi connectivity index (χ1v) is 3.88. The minimum absolute atomic E-state index is 0. The van der Waals surface area contributed by atoms with Gasteiger partial charge in [-0.3, -0.25) is 5.41 Å². The summed E-state index contributed by atoms with van der Waals surface area (Å²) in [5.41, 5.74) is 6.02. The van der Waals surface area contributed by atoms with Crippen molar-refractivity contribution in [2.75, 3.05) is 0 Å². The molecule has 0 fully saturated rings. The lowest BCUT2D eigenvalue weighted by atomic mass is 10.2. The van der Waals surface area contributed by atoms with Gasteiger partial charge in [0.2, 0.25) is 0 Å². The molecular weight excluding hydrogens is 274 g/mol. The monoisotopic (exact) mass is 282 g/mol. The van der Waals surface area contributed by atoms with Gasteiger partial charge in [0.15, 0.2) is 0 Å². The molecule has 0 bridgehead atoms. The number of nitrogens with two attached hydrogens (primary N) is 1. The summed E-state index contributed by atoms with van der Waals surface area (Å²) in [6, 6.07) is 7.53. The van der Waals surface area contributed by atoms with E-state index in [0.29, 0.717) is 0 Å². The fraction of sp³-hybridized carbons (Fsp3) is 0. The Morgan fingerprint density at radius 1 is 1.27 bits per heavy atom. The van der Waals surface area contributed by atoms with Gasteiger partial charge in [-0.2, -0.15) is 0 Å². The summed E-state index contributed by atoms with van der Waals surface area (Å²) in [7, 11) is 0. The van der Waals surface area contributed by atoms with Crippen LogP contribution in [0, 0.1) is 8.98 Å². The van der Waals surface area contributed by atoms with E-state index in [1.54, 1.807) is 0 Å². The molecule has 0 aliphatic rings. The maximum absolute atomic E-state index is 7.08. The third-order valence-corrected chi connectivity index (χ3v) is 1.87. The summed E-state index contributed by atoms with van der Waals surface area (Å²) in [5.74, 6) is 0.122. The van der Waals surface area contributed by atoms with Gasteiger partial charge in [0.25, 0.3) is 0 Å². The lowest BCUT2D eigenvalue weighted by Gasteiger charge is -1.95. The Morgan fingerprint density at radius 2 is 1.73 bits per heavy atom. The van der Waals surface area contributed by atoms with Crippen molar-refractivity contribution in [3.63, 3.8) is 0 Å². The third-order valence-electron chi connectivity index (χ3n) is 1.16. The Morgan fingerprint density at radius 3 is 2.09 bits per heavy atom. The number of halogens is 2. The Hall–Kier alpha value is -0.290. The molecule has 1 rings (SSSR count). The molecule has 4 heteroatoms. The molecule has 0 heterocycles. The van der Waals surface area contributed by atoms with E-state index in [9.17, 15) is 0 Å². The van der Waals surface area contributed by atoms with Crippen LogP contribution in [0.15, 0.2) is 24.3 Å². The number of nitrogen functional groups attached to an aromatic ring is 1. The van der Waals surface area contributed by atoms with Gasteiger partial charge < -0.3 is 5.73 Å². The molecule has 0 spiro atoms. The number of rotatable bonds is 1. The van der Waals surface area contributed by atoms with E-state index in [2.05, 4.69) is 22.6 Å². The third kappa shape index (κ3) is 3.07. The second-order valence-corrected chi connectivity index (χ2v) is 3.17. The van der Waals surface area contributed by atoms with Crippen molar-refractivity contribution in [3.05, 3.63) is 33.4 Å². The summed E-state index contributed by atoms with van der Waals surface area (Å²) in [5, 5.41) is 7.08. The average Bonchev–Trinajstić information content (AvgIpc) is 1.88. The Kier molecular flexibility index (Phi) is 4.44. The molecule has 0 saturated carbocycles. The first kappa shape index (κ1) is 10.7. The van der Waals surface area contributed by atoms with Crippen LogP contribution in [0.1, 0.15) is 5.56 Å². The second kappa shape index (κ2) is 4.56. The summed E-state index contributed by atoms with van der Waals surface area (Å²) in [6.07, 6.45) is 0. The molecular formula is C7H8ClIN2. The van der Waals surface area contributed by atoms with Crippen LogP contribution in [0.5, 0.6) is 0 Å². The van der Waals surface area contributed by atoms with E-state index >= 15 is 0 Å². The molecule has 60 valence electrons. The van der Waals surface area contributed by atoms with Gasteiger partial charge in [0.1, 0.15) is 5.84 Å². The van der Waals surface area contributed by atoms with Gasteiger partial charge in [-0.25, -0.2) is 0 Å². The fourth-order valence-electron chi connectivity index (χ4n) is 0.629. The van der Waals surface area contributed by atoms with Crippen LogP contribution in [0.2, 0.25) is 0 Å². The van der Waals surface area contributed by atoms with Gasteiger partial charge in [-0.05, 0) is 34.7 Å². The summed E-state index contributed by atoms with van der Waals surface area (Å²) in [4.78, 5) is 0. The lowest BCUT2D eigenvalue weighted by Crippen LogP contribution is -2.10. The smallest absolute Gasteiger partial charge is 0.122 e. The molecule has 3 N–H and O–H groups in total. The summed E-state index contributed by atoms with van der Waals surface area (Å²) in [6.45, 7) is 0. The molecule has 0 saturated heterocycles. The highest BCUT2D eigenvalue weighted by Crippen LogP contribution is 2.05. The van der Waals surface area contributed by atoms with Crippen LogP contribution in [0.4, 0.5) is 0 Å². The highest BCUT2D eigenvalue weighted by Gasteiger charge is 1.92. The van der Waals surface area contributed by atoms with Crippen molar-refractivity contribution in [3.8, 4) is 0 Å². The van der Waals surface area contributed by atoms with E-state index in [1.165, 1.54) is 0 Å². The largest absolute Gasteiger partial charge is 0.384 e. The van der Waals surface area contributed by atoms with Crippen molar-refractivity contribution in [1.82, 2.24) is 0 Å². The lowest BCUT2D eigenvalue weighted by molar-refractivity contribution is 1.42. The summed E-state index contributed by atoms with van der Waals surface area (Å²) >= 11 is 2.21. The molecule has 1 aromatic rings. The molecule has 1 aromatic carbocycles. The van der Waals surface area contributed by atoms with Crippen LogP contribution in [-0.2, 0) is 0 Å². The number of benzene rings is 1. The first-order chi connectivity index (χ1) is 4.70. The van der Waals surface area contributed by atoms with Crippen LogP contribution in [0.3, 0.4) is 0 Å². The minimum Gasteiger partial charge on any atom is -0.384 e. The zero-order valence-corrected chi connectivity index (χ0v) is 8.65. The quantitative estimate of drug-likeness (QED) is 0.462. The van der Waals surface area contributed by atoms with E-state index in [-0.39, 0.29) is 18.2 Å². The zero-order valence-electron chi connectivity index (χ0n) is 5.67. The normalized spacial score (nSPS) is 8.45. The topological polar surface area (TPSA) is 49.9 Å². The maximum Gasteiger partial charge on any atom is 0.122 e. The standard InChI is InChI=1S/C7H7IN2.ClH/c8-6-3-1-5(2-4-6)7(9)10;/h1-4H,(H3,9,10);1H. The molecule has 0 unspecified atom stereocenters. The molecule has 0 radical (unpaired) electrons. The Bertz CT molecular complexity index is 245. The Labute approximate surface area is 85.2 Å². The summed E-state index contributed by atoms with van der Waals surface area (Å²) < 4.78 is 1.16. The SMILES string of the molecule is Cl.N=C(N)c1ccc(I)cc1. The molecule has 2 nitrogen and oxygen atoms in total. The number of amidine groups is 1. The van der Waals surface area contributed by atoms with Gasteiger partial charge in [-0.1, -0.05) is 12.1 Å².